The van der Waals surface area contributed by atoms with Gasteiger partial charge in [0.1, 0.15) is 18.5 Å². The molecule has 1 atom stereocenters. The van der Waals surface area contributed by atoms with Gasteiger partial charge in [-0.3, -0.25) is 4.90 Å². The Hall–Kier alpha value is -2.53. The summed E-state index contributed by atoms with van der Waals surface area (Å²) >= 11 is 6.17. The first-order valence-corrected chi connectivity index (χ1v) is 11.2. The number of halogens is 1. The maximum absolute atomic E-state index is 10.5. The van der Waals surface area contributed by atoms with Gasteiger partial charge in [-0.25, -0.2) is 0 Å². The standard InChI is InChI=1S/C26H29ClN2O2/c1-20-7-10-23(27)17-26(20)29-15-13-28(14-16-29)18-24(30)19-31-25-11-8-22(9-12-25)21-5-3-2-4-6-21/h2-12,17,24,30H,13-16,18-19H2,1H3/t24-/m0/s1. The highest BCUT2D eigenvalue weighted by atomic mass is 35.5. The van der Waals surface area contributed by atoms with Crippen molar-refractivity contribution >= 4 is 17.3 Å². The lowest BCUT2D eigenvalue weighted by atomic mass is 10.1. The average molecular weight is 437 g/mol. The number of β-amino-alcohol motifs (C(OH)–C–C–N with tert-alkyl or cyclic N) is 1. The van der Waals surface area contributed by atoms with Crippen molar-refractivity contribution in [2.75, 3.05) is 44.2 Å². The van der Waals surface area contributed by atoms with Crippen molar-refractivity contribution in [1.82, 2.24) is 4.90 Å². The summed E-state index contributed by atoms with van der Waals surface area (Å²) in [6.07, 6.45) is -0.520. The lowest BCUT2D eigenvalue weighted by Crippen LogP contribution is -2.49. The second-order valence-corrected chi connectivity index (χ2v) is 8.51. The zero-order valence-corrected chi connectivity index (χ0v) is 18.6. The summed E-state index contributed by atoms with van der Waals surface area (Å²) in [4.78, 5) is 4.66. The van der Waals surface area contributed by atoms with E-state index in [0.717, 1.165) is 42.5 Å². The van der Waals surface area contributed by atoms with E-state index >= 15 is 0 Å². The van der Waals surface area contributed by atoms with Gasteiger partial charge in [0.2, 0.25) is 0 Å². The van der Waals surface area contributed by atoms with Crippen LogP contribution < -0.4 is 9.64 Å². The summed E-state index contributed by atoms with van der Waals surface area (Å²) in [5, 5.41) is 11.2. The summed E-state index contributed by atoms with van der Waals surface area (Å²) in [6, 6.07) is 24.3. The van der Waals surface area contributed by atoms with E-state index in [9.17, 15) is 5.11 Å². The lowest BCUT2D eigenvalue weighted by Gasteiger charge is -2.37. The number of anilines is 1. The van der Waals surface area contributed by atoms with Gasteiger partial charge in [0.25, 0.3) is 0 Å². The maximum Gasteiger partial charge on any atom is 0.119 e. The highest BCUT2D eigenvalue weighted by molar-refractivity contribution is 6.30. The number of hydrogen-bond donors (Lipinski definition) is 1. The van der Waals surface area contributed by atoms with E-state index in [1.54, 1.807) is 0 Å². The van der Waals surface area contributed by atoms with Gasteiger partial charge < -0.3 is 14.7 Å². The third-order valence-electron chi connectivity index (χ3n) is 5.76. The molecule has 4 rings (SSSR count). The molecule has 0 radical (unpaired) electrons. The molecule has 1 N–H and O–H groups in total. The normalized spacial score (nSPS) is 15.6. The topological polar surface area (TPSA) is 35.9 Å². The van der Waals surface area contributed by atoms with Crippen LogP contribution in [0.1, 0.15) is 5.56 Å². The number of piperazine rings is 1. The van der Waals surface area contributed by atoms with E-state index in [-0.39, 0.29) is 6.61 Å². The molecule has 1 aliphatic rings. The van der Waals surface area contributed by atoms with Crippen LogP contribution in [-0.2, 0) is 0 Å². The van der Waals surface area contributed by atoms with Gasteiger partial charge in [-0.2, -0.15) is 0 Å². The van der Waals surface area contributed by atoms with Crippen LogP contribution in [0, 0.1) is 6.92 Å². The highest BCUT2D eigenvalue weighted by Crippen LogP contribution is 2.25. The molecular weight excluding hydrogens is 408 g/mol. The molecule has 0 saturated carbocycles. The van der Waals surface area contributed by atoms with Crippen LogP contribution in [0.4, 0.5) is 5.69 Å². The smallest absolute Gasteiger partial charge is 0.119 e. The number of aliphatic hydroxyl groups is 1. The van der Waals surface area contributed by atoms with Crippen molar-refractivity contribution in [2.24, 2.45) is 0 Å². The molecule has 0 amide bonds. The minimum atomic E-state index is -0.520. The van der Waals surface area contributed by atoms with Gasteiger partial charge in [-0.15, -0.1) is 0 Å². The molecule has 1 heterocycles. The van der Waals surface area contributed by atoms with Crippen molar-refractivity contribution in [1.29, 1.82) is 0 Å². The maximum atomic E-state index is 10.5. The molecule has 0 aromatic heterocycles. The minimum Gasteiger partial charge on any atom is -0.491 e. The van der Waals surface area contributed by atoms with Crippen molar-refractivity contribution in [3.05, 3.63) is 83.4 Å². The summed E-state index contributed by atoms with van der Waals surface area (Å²) < 4.78 is 5.82. The van der Waals surface area contributed by atoms with Gasteiger partial charge in [0.15, 0.2) is 0 Å². The van der Waals surface area contributed by atoms with E-state index in [0.29, 0.717) is 6.54 Å². The Kier molecular flexibility index (Phi) is 7.13. The molecule has 0 spiro atoms. The number of nitrogens with zero attached hydrogens (tertiary/aromatic N) is 2. The van der Waals surface area contributed by atoms with Crippen molar-refractivity contribution in [3.63, 3.8) is 0 Å². The second-order valence-electron chi connectivity index (χ2n) is 8.07. The van der Waals surface area contributed by atoms with Gasteiger partial charge >= 0.3 is 0 Å². The molecule has 31 heavy (non-hydrogen) atoms. The molecule has 1 aliphatic heterocycles. The van der Waals surface area contributed by atoms with Gasteiger partial charge in [-0.05, 0) is 47.9 Å². The number of aryl methyl sites for hydroxylation is 1. The second kappa shape index (κ2) is 10.2. The molecule has 0 bridgehead atoms. The van der Waals surface area contributed by atoms with Crippen LogP contribution in [0.25, 0.3) is 11.1 Å². The Morgan fingerprint density at radius 2 is 1.58 bits per heavy atom. The van der Waals surface area contributed by atoms with Crippen LogP contribution in [0.5, 0.6) is 5.75 Å². The van der Waals surface area contributed by atoms with Crippen molar-refractivity contribution < 1.29 is 9.84 Å². The Balaban J connectivity index is 1.23. The van der Waals surface area contributed by atoms with E-state index in [1.165, 1.54) is 16.8 Å². The lowest BCUT2D eigenvalue weighted by molar-refractivity contribution is 0.0663. The third-order valence-corrected chi connectivity index (χ3v) is 5.99. The summed E-state index contributed by atoms with van der Waals surface area (Å²) in [5.74, 6) is 0.778. The van der Waals surface area contributed by atoms with Crippen molar-refractivity contribution in [2.45, 2.75) is 13.0 Å². The molecule has 3 aromatic carbocycles. The highest BCUT2D eigenvalue weighted by Gasteiger charge is 2.21. The fourth-order valence-electron chi connectivity index (χ4n) is 4.01. The van der Waals surface area contributed by atoms with E-state index < -0.39 is 6.10 Å². The Labute approximate surface area is 189 Å². The fourth-order valence-corrected chi connectivity index (χ4v) is 4.18. The SMILES string of the molecule is Cc1ccc(Cl)cc1N1CCN(C[C@H](O)COc2ccc(-c3ccccc3)cc2)CC1. The molecule has 3 aromatic rings. The summed E-state index contributed by atoms with van der Waals surface area (Å²) in [5.41, 5.74) is 4.78. The largest absolute Gasteiger partial charge is 0.491 e. The number of hydrogen-bond acceptors (Lipinski definition) is 4. The molecule has 162 valence electrons. The Morgan fingerprint density at radius 1 is 0.903 bits per heavy atom. The van der Waals surface area contributed by atoms with Gasteiger partial charge in [0.05, 0.1) is 0 Å². The first kappa shape index (κ1) is 21.7. The Bertz CT molecular complexity index is 970. The fraction of sp³-hybridized carbons (Fsp3) is 0.308. The molecule has 5 heteroatoms. The molecule has 4 nitrogen and oxygen atoms in total. The summed E-state index contributed by atoms with van der Waals surface area (Å²) in [7, 11) is 0. The number of aliphatic hydroxyl groups excluding tert-OH is 1. The van der Waals surface area contributed by atoms with Crippen molar-refractivity contribution in [3.8, 4) is 16.9 Å². The average Bonchev–Trinajstić information content (AvgIpc) is 2.81. The zero-order valence-electron chi connectivity index (χ0n) is 17.9. The van der Waals surface area contributed by atoms with Crippen LogP contribution in [0.15, 0.2) is 72.8 Å². The first-order valence-electron chi connectivity index (χ1n) is 10.8. The monoisotopic (exact) mass is 436 g/mol. The molecule has 0 aliphatic carbocycles. The van der Waals surface area contributed by atoms with Gasteiger partial charge in [-0.1, -0.05) is 60.1 Å². The van der Waals surface area contributed by atoms with E-state index in [4.69, 9.17) is 16.3 Å². The van der Waals surface area contributed by atoms with E-state index in [1.807, 2.05) is 54.6 Å². The third kappa shape index (κ3) is 5.79. The minimum absolute atomic E-state index is 0.290. The number of benzene rings is 3. The van der Waals surface area contributed by atoms with Crippen LogP contribution in [-0.4, -0.2) is 55.4 Å². The summed E-state index contributed by atoms with van der Waals surface area (Å²) in [6.45, 7) is 6.70. The van der Waals surface area contributed by atoms with Crippen LogP contribution >= 0.6 is 11.6 Å². The first-order chi connectivity index (χ1) is 15.1. The molecular formula is C26H29ClN2O2. The quantitative estimate of drug-likeness (QED) is 0.572. The molecule has 1 saturated heterocycles. The van der Waals surface area contributed by atoms with Crippen LogP contribution in [0.2, 0.25) is 5.02 Å². The predicted molar refractivity (Wildman–Crippen MR) is 128 cm³/mol. The molecule has 1 fully saturated rings. The zero-order chi connectivity index (χ0) is 21.6. The molecule has 0 unspecified atom stereocenters. The predicted octanol–water partition coefficient (Wildman–Crippen LogP) is 4.88. The van der Waals surface area contributed by atoms with Gasteiger partial charge in [0, 0.05) is 43.4 Å². The Morgan fingerprint density at radius 3 is 2.29 bits per heavy atom. The van der Waals surface area contributed by atoms with Crippen LogP contribution in [0.3, 0.4) is 0 Å². The van der Waals surface area contributed by atoms with E-state index in [2.05, 4.69) is 34.9 Å². The number of ether oxygens (including phenoxy) is 1. The number of rotatable bonds is 7.